The van der Waals surface area contributed by atoms with Crippen LogP contribution in [0.4, 0.5) is 5.69 Å². The van der Waals surface area contributed by atoms with Crippen molar-refractivity contribution in [1.82, 2.24) is 4.72 Å². The molecule has 122 valence electrons. The fourth-order valence-electron chi connectivity index (χ4n) is 2.75. The van der Waals surface area contributed by atoms with Crippen molar-refractivity contribution in [3.8, 4) is 5.75 Å². The van der Waals surface area contributed by atoms with Gasteiger partial charge in [-0.25, -0.2) is 13.1 Å². The largest absolute Gasteiger partial charge is 0.495 e. The Morgan fingerprint density at radius 2 is 2.00 bits per heavy atom. The number of hydrogen-bond donors (Lipinski definition) is 1. The van der Waals surface area contributed by atoms with Gasteiger partial charge in [0.1, 0.15) is 10.6 Å². The van der Waals surface area contributed by atoms with E-state index in [1.54, 1.807) is 0 Å². The number of methoxy groups -OCH3 is 1. The summed E-state index contributed by atoms with van der Waals surface area (Å²) in [5.41, 5.74) is -0.207. The maximum atomic E-state index is 12.5. The van der Waals surface area contributed by atoms with Crippen molar-refractivity contribution in [2.75, 3.05) is 7.11 Å². The maximum Gasteiger partial charge on any atom is 0.273 e. The lowest BCUT2D eigenvalue weighted by molar-refractivity contribution is -0.385. The summed E-state index contributed by atoms with van der Waals surface area (Å²) >= 11 is 0. The van der Waals surface area contributed by atoms with E-state index in [1.165, 1.54) is 19.2 Å². The van der Waals surface area contributed by atoms with Gasteiger partial charge in [0.15, 0.2) is 0 Å². The Bertz CT molecular complexity index is 659. The number of nitrogens with zero attached hydrogens (tertiary/aromatic N) is 1. The molecule has 0 bridgehead atoms. The van der Waals surface area contributed by atoms with Crippen LogP contribution in [0.1, 0.15) is 32.6 Å². The van der Waals surface area contributed by atoms with E-state index in [2.05, 4.69) is 4.72 Å². The van der Waals surface area contributed by atoms with Gasteiger partial charge in [-0.2, -0.15) is 0 Å². The molecule has 22 heavy (non-hydrogen) atoms. The molecule has 0 amide bonds. The molecule has 0 heterocycles. The fourth-order valence-corrected chi connectivity index (χ4v) is 4.28. The standard InChI is InChI=1S/C14H20N2O5S/c1-10-5-3-4-6-12(10)15-22(19,20)14-8-7-11(16(17)18)9-13(14)21-2/h7-10,12,15H,3-6H2,1-2H3/t10-,12-/m1/s1. The highest BCUT2D eigenvalue weighted by atomic mass is 32.2. The zero-order valence-electron chi connectivity index (χ0n) is 12.6. The average Bonchev–Trinajstić information content (AvgIpc) is 2.48. The van der Waals surface area contributed by atoms with Gasteiger partial charge in [-0.05, 0) is 24.8 Å². The van der Waals surface area contributed by atoms with Crippen molar-refractivity contribution in [1.29, 1.82) is 0 Å². The minimum absolute atomic E-state index is 0.0230. The molecule has 7 nitrogen and oxygen atoms in total. The average molecular weight is 328 g/mol. The molecule has 8 heteroatoms. The Morgan fingerprint density at radius 1 is 1.32 bits per heavy atom. The quantitative estimate of drug-likeness (QED) is 0.661. The number of hydrogen-bond acceptors (Lipinski definition) is 5. The number of rotatable bonds is 5. The molecule has 2 rings (SSSR count). The van der Waals surface area contributed by atoms with Gasteiger partial charge in [-0.3, -0.25) is 10.1 Å². The number of sulfonamides is 1. The Hall–Kier alpha value is -1.67. The zero-order valence-corrected chi connectivity index (χ0v) is 13.4. The Kier molecular flexibility index (Phi) is 5.02. The predicted molar refractivity (Wildman–Crippen MR) is 81.4 cm³/mol. The lowest BCUT2D eigenvalue weighted by Crippen LogP contribution is -2.41. The SMILES string of the molecule is COc1cc([N+](=O)[O-])ccc1S(=O)(=O)N[C@@H]1CCCC[C@H]1C. The van der Waals surface area contributed by atoms with Gasteiger partial charge in [0.05, 0.1) is 18.1 Å². The van der Waals surface area contributed by atoms with Crippen molar-refractivity contribution >= 4 is 15.7 Å². The second-order valence-corrected chi connectivity index (χ2v) is 7.26. The van der Waals surface area contributed by atoms with E-state index in [4.69, 9.17) is 4.74 Å². The summed E-state index contributed by atoms with van der Waals surface area (Å²) in [4.78, 5) is 10.1. The first-order chi connectivity index (χ1) is 10.3. The van der Waals surface area contributed by atoms with E-state index < -0.39 is 14.9 Å². The number of non-ortho nitro benzene ring substituents is 1. The second-order valence-electron chi connectivity index (χ2n) is 5.58. The van der Waals surface area contributed by atoms with Gasteiger partial charge in [0.25, 0.3) is 5.69 Å². The molecule has 0 unspecified atom stereocenters. The Balaban J connectivity index is 2.30. The minimum Gasteiger partial charge on any atom is -0.495 e. The monoisotopic (exact) mass is 328 g/mol. The third-order valence-corrected chi connectivity index (χ3v) is 5.59. The molecule has 0 spiro atoms. The first kappa shape index (κ1) is 16.7. The molecule has 0 aliphatic heterocycles. The highest BCUT2D eigenvalue weighted by Crippen LogP contribution is 2.30. The van der Waals surface area contributed by atoms with Gasteiger partial charge < -0.3 is 4.74 Å². The summed E-state index contributed by atoms with van der Waals surface area (Å²) in [5, 5.41) is 10.8. The summed E-state index contributed by atoms with van der Waals surface area (Å²) in [6.45, 7) is 2.03. The highest BCUT2D eigenvalue weighted by molar-refractivity contribution is 7.89. The third-order valence-electron chi connectivity index (χ3n) is 4.07. The summed E-state index contributed by atoms with van der Waals surface area (Å²) in [6.07, 6.45) is 3.90. The lowest BCUT2D eigenvalue weighted by atomic mass is 9.87. The number of ether oxygens (including phenoxy) is 1. The maximum absolute atomic E-state index is 12.5. The zero-order chi connectivity index (χ0) is 16.3. The van der Waals surface area contributed by atoms with E-state index in [0.717, 1.165) is 31.7 Å². The molecule has 2 atom stereocenters. The highest BCUT2D eigenvalue weighted by Gasteiger charge is 2.29. The number of nitro benzene ring substituents is 1. The van der Waals surface area contributed by atoms with Gasteiger partial charge in [-0.15, -0.1) is 0 Å². The van der Waals surface area contributed by atoms with Crippen molar-refractivity contribution in [3.05, 3.63) is 28.3 Å². The lowest BCUT2D eigenvalue weighted by Gasteiger charge is -2.29. The second kappa shape index (κ2) is 6.62. The van der Waals surface area contributed by atoms with Gasteiger partial charge in [-0.1, -0.05) is 19.8 Å². The molecule has 0 radical (unpaired) electrons. The Labute approximate surface area is 129 Å². The van der Waals surface area contributed by atoms with Crippen molar-refractivity contribution in [2.24, 2.45) is 5.92 Å². The van der Waals surface area contributed by atoms with Crippen LogP contribution in [0.5, 0.6) is 5.75 Å². The predicted octanol–water partition coefficient (Wildman–Crippen LogP) is 2.46. The normalized spacial score (nSPS) is 22.3. The van der Waals surface area contributed by atoms with E-state index >= 15 is 0 Å². The van der Waals surface area contributed by atoms with Crippen LogP contribution in [0.3, 0.4) is 0 Å². The van der Waals surface area contributed by atoms with Gasteiger partial charge in [0, 0.05) is 12.1 Å². The van der Waals surface area contributed by atoms with Crippen LogP contribution >= 0.6 is 0 Å². The fraction of sp³-hybridized carbons (Fsp3) is 0.571. The van der Waals surface area contributed by atoms with Crippen LogP contribution in [0.25, 0.3) is 0 Å². The van der Waals surface area contributed by atoms with Crippen molar-refractivity contribution < 1.29 is 18.1 Å². The van der Waals surface area contributed by atoms with Crippen molar-refractivity contribution in [2.45, 2.75) is 43.5 Å². The van der Waals surface area contributed by atoms with Gasteiger partial charge >= 0.3 is 0 Å². The van der Waals surface area contributed by atoms with Crippen LogP contribution in [0.2, 0.25) is 0 Å². The summed E-state index contributed by atoms with van der Waals surface area (Å²) in [7, 11) is -2.48. The molecule has 1 aliphatic rings. The van der Waals surface area contributed by atoms with Crippen LogP contribution in [-0.2, 0) is 10.0 Å². The number of nitrogens with one attached hydrogen (secondary N) is 1. The van der Waals surface area contributed by atoms with E-state index in [-0.39, 0.29) is 28.3 Å². The molecule has 1 aromatic rings. The van der Waals surface area contributed by atoms with Crippen LogP contribution in [-0.4, -0.2) is 26.5 Å². The van der Waals surface area contributed by atoms with Crippen molar-refractivity contribution in [3.63, 3.8) is 0 Å². The number of benzene rings is 1. The molecular weight excluding hydrogens is 308 g/mol. The molecular formula is C14H20N2O5S. The molecule has 0 saturated heterocycles. The van der Waals surface area contributed by atoms with Crippen LogP contribution in [0, 0.1) is 16.0 Å². The van der Waals surface area contributed by atoms with E-state index in [0.29, 0.717) is 0 Å². The van der Waals surface area contributed by atoms with Crippen LogP contribution < -0.4 is 9.46 Å². The molecule has 1 N–H and O–H groups in total. The molecule has 0 aromatic heterocycles. The summed E-state index contributed by atoms with van der Waals surface area (Å²) in [5.74, 6) is 0.248. The number of nitro groups is 1. The smallest absolute Gasteiger partial charge is 0.273 e. The molecule has 1 aromatic carbocycles. The van der Waals surface area contributed by atoms with Crippen LogP contribution in [0.15, 0.2) is 23.1 Å². The Morgan fingerprint density at radius 3 is 2.59 bits per heavy atom. The molecule has 1 aliphatic carbocycles. The first-order valence-electron chi connectivity index (χ1n) is 7.20. The van der Waals surface area contributed by atoms with E-state index in [9.17, 15) is 18.5 Å². The minimum atomic E-state index is -3.78. The molecule has 1 saturated carbocycles. The first-order valence-corrected chi connectivity index (χ1v) is 8.68. The molecule has 1 fully saturated rings. The third kappa shape index (κ3) is 3.56. The van der Waals surface area contributed by atoms with E-state index in [1.807, 2.05) is 6.92 Å². The summed E-state index contributed by atoms with van der Waals surface area (Å²) < 4.78 is 32.8. The van der Waals surface area contributed by atoms with Gasteiger partial charge in [0.2, 0.25) is 10.0 Å². The summed E-state index contributed by atoms with van der Waals surface area (Å²) in [6, 6.07) is 3.39. The topological polar surface area (TPSA) is 98.5 Å².